The second kappa shape index (κ2) is 23.9. The number of carbonyl (C=O) groups excluding carboxylic acids is 7. The van der Waals surface area contributed by atoms with Gasteiger partial charge in [-0.15, -0.1) is 0 Å². The predicted octanol–water partition coefficient (Wildman–Crippen LogP) is 8.60. The van der Waals surface area contributed by atoms with Gasteiger partial charge >= 0.3 is 41.8 Å². The number of fused-ring (bicyclic) bond motifs is 3. The summed E-state index contributed by atoms with van der Waals surface area (Å²) in [7, 11) is 0. The first-order valence-corrected chi connectivity index (χ1v) is 27.5. The summed E-state index contributed by atoms with van der Waals surface area (Å²) in [6, 6.07) is 22.3. The third-order valence-corrected chi connectivity index (χ3v) is 17.8. The molecule has 19 heteroatoms. The molecule has 3 aromatic rings. The van der Waals surface area contributed by atoms with Crippen molar-refractivity contribution in [3.8, 4) is 0 Å². The van der Waals surface area contributed by atoms with E-state index in [1.54, 1.807) is 87.5 Å². The van der Waals surface area contributed by atoms with Crippen molar-refractivity contribution in [2.24, 2.45) is 38.4 Å². The maximum absolute atomic E-state index is 16.3. The lowest BCUT2D eigenvalue weighted by molar-refractivity contribution is -0.236. The fourth-order valence-corrected chi connectivity index (χ4v) is 12.0. The summed E-state index contributed by atoms with van der Waals surface area (Å²) in [5, 5.41) is 37.4. The normalized spacial score (nSPS) is 25.3. The molecule has 10 atom stereocenters. The van der Waals surface area contributed by atoms with Crippen LogP contribution in [-0.2, 0) is 62.0 Å². The number of aliphatic hydroxyl groups is 1. The van der Waals surface area contributed by atoms with E-state index >= 15 is 9.59 Å². The fourth-order valence-electron chi connectivity index (χ4n) is 12.0. The molecule has 3 aliphatic carbocycles. The Bertz CT molecular complexity index is 2960. The minimum absolute atomic E-state index is 0.0496. The molecule has 5 unspecified atom stereocenters. The van der Waals surface area contributed by atoms with Gasteiger partial charge in [0.2, 0.25) is 6.10 Å². The van der Waals surface area contributed by atoms with E-state index in [0.29, 0.717) is 0 Å². The summed E-state index contributed by atoms with van der Waals surface area (Å²) < 4.78 is 38.0. The summed E-state index contributed by atoms with van der Waals surface area (Å²) in [4.78, 5) is 129. The van der Waals surface area contributed by atoms with Crippen LogP contribution in [0.15, 0.2) is 102 Å². The van der Waals surface area contributed by atoms with Crippen molar-refractivity contribution in [3.05, 3.63) is 119 Å². The van der Waals surface area contributed by atoms with Crippen LogP contribution in [-0.4, -0.2) is 118 Å². The molecule has 0 heterocycles. The molecule has 0 aliphatic heterocycles. The van der Waals surface area contributed by atoms with Crippen LogP contribution >= 0.6 is 0 Å². The molecule has 1 amide bonds. The molecular weight excluding hydrogens is 1060 g/mol. The molecule has 0 saturated heterocycles. The van der Waals surface area contributed by atoms with Crippen LogP contribution in [0.1, 0.15) is 155 Å². The molecule has 0 spiro atoms. The van der Waals surface area contributed by atoms with Gasteiger partial charge in [0.1, 0.15) is 30.0 Å². The van der Waals surface area contributed by atoms with Gasteiger partial charge in [0.15, 0.2) is 11.9 Å². The fraction of sp³-hybridized carbons (Fsp3) is 0.540. The molecular formula is C63H79NO18. The van der Waals surface area contributed by atoms with Crippen LogP contribution in [0.2, 0.25) is 0 Å². The van der Waals surface area contributed by atoms with Gasteiger partial charge in [0.25, 0.3) is 5.91 Å². The van der Waals surface area contributed by atoms with Crippen molar-refractivity contribution >= 4 is 53.5 Å². The molecule has 82 heavy (non-hydrogen) atoms. The van der Waals surface area contributed by atoms with Crippen molar-refractivity contribution in [1.82, 2.24) is 5.32 Å². The Morgan fingerprint density at radius 1 is 0.695 bits per heavy atom. The van der Waals surface area contributed by atoms with Crippen molar-refractivity contribution in [3.63, 3.8) is 0 Å². The van der Waals surface area contributed by atoms with E-state index in [-0.39, 0.29) is 53.7 Å². The number of aliphatic carboxylic acids is 2. The van der Waals surface area contributed by atoms with E-state index in [4.69, 9.17) is 28.4 Å². The van der Waals surface area contributed by atoms with E-state index in [2.05, 4.69) is 5.32 Å². The van der Waals surface area contributed by atoms with Crippen molar-refractivity contribution < 1.29 is 86.9 Å². The summed E-state index contributed by atoms with van der Waals surface area (Å²) >= 11 is 0. The number of ketones is 1. The first-order valence-electron chi connectivity index (χ1n) is 27.5. The van der Waals surface area contributed by atoms with Gasteiger partial charge in [-0.2, -0.15) is 0 Å². The minimum atomic E-state index is -2.45. The largest absolute Gasteiger partial charge is 0.481 e. The highest BCUT2D eigenvalue weighted by Crippen LogP contribution is 2.61. The van der Waals surface area contributed by atoms with Gasteiger partial charge in [-0.05, 0) is 130 Å². The summed E-state index contributed by atoms with van der Waals surface area (Å²) in [6.07, 6.45) is -10.8. The number of amides is 1. The van der Waals surface area contributed by atoms with E-state index < -0.39 is 147 Å². The maximum Gasteiger partial charge on any atom is 0.350 e. The average Bonchev–Trinajstić information content (AvgIpc) is 2.47. The second-order valence-corrected chi connectivity index (χ2v) is 25.0. The molecule has 6 rings (SSSR count). The number of carboxylic acids is 2. The van der Waals surface area contributed by atoms with Gasteiger partial charge in [-0.1, -0.05) is 80.6 Å². The molecule has 0 aromatic heterocycles. The maximum atomic E-state index is 16.3. The van der Waals surface area contributed by atoms with Crippen molar-refractivity contribution in [1.29, 1.82) is 0 Å². The number of Topliss-reactive ketones (excluding diaryl/α,β-unsaturated/α-hetero) is 1. The highest BCUT2D eigenvalue weighted by atomic mass is 16.6. The Hall–Kier alpha value is -7.25. The second-order valence-electron chi connectivity index (χ2n) is 25.0. The SMILES string of the molecule is CCOC1CC(OC(=O)C(C)(C)CC(C)(C)C(=O)O)[C@@]2(C)C(=O)C(OC(C)=O)C3=C(C)[C@@H](OC(=O)[C@H](OC(=O)C(C)(C)C(C)(C)C(=O)O)[C@@H](NC(=O)c4ccccc4)c4ccccc4)CC(O)([C@@H](OC(=O)c4ccccc4)C2C1)C3(C)C. The molecule has 2 fully saturated rings. The van der Waals surface area contributed by atoms with Crippen LogP contribution < -0.4 is 5.32 Å². The number of hydrogen-bond donors (Lipinski definition) is 4. The molecule has 19 nitrogen and oxygen atoms in total. The van der Waals surface area contributed by atoms with Crippen LogP contribution in [0.5, 0.6) is 0 Å². The van der Waals surface area contributed by atoms with Crippen molar-refractivity contribution in [2.75, 3.05) is 6.61 Å². The van der Waals surface area contributed by atoms with Crippen LogP contribution in [0, 0.1) is 38.4 Å². The summed E-state index contributed by atoms with van der Waals surface area (Å²) in [6.45, 7) is 20.3. The number of esters is 5. The molecule has 4 N–H and O–H groups in total. The average molecular weight is 1140 g/mol. The van der Waals surface area contributed by atoms with Crippen LogP contribution in [0.3, 0.4) is 0 Å². The summed E-state index contributed by atoms with van der Waals surface area (Å²) in [5.74, 6) is -10.7. The molecule has 3 aliphatic rings. The highest BCUT2D eigenvalue weighted by molar-refractivity contribution is 5.97. The number of ether oxygens (including phenoxy) is 6. The van der Waals surface area contributed by atoms with Gasteiger partial charge in [0.05, 0.1) is 38.7 Å². The van der Waals surface area contributed by atoms with E-state index in [1.165, 1.54) is 93.5 Å². The number of carboxylic acid groups (broad SMARTS) is 2. The van der Waals surface area contributed by atoms with Gasteiger partial charge in [-0.25, -0.2) is 9.59 Å². The quantitative estimate of drug-likeness (QED) is 0.0468. The lowest BCUT2D eigenvalue weighted by Gasteiger charge is -2.61. The Morgan fingerprint density at radius 3 is 1.77 bits per heavy atom. The van der Waals surface area contributed by atoms with Crippen LogP contribution in [0.4, 0.5) is 0 Å². The Morgan fingerprint density at radius 2 is 1.24 bits per heavy atom. The van der Waals surface area contributed by atoms with Gasteiger partial charge in [0, 0.05) is 43.3 Å². The van der Waals surface area contributed by atoms with E-state index in [9.17, 15) is 48.9 Å². The Labute approximate surface area is 478 Å². The number of carbonyl (C=O) groups is 9. The van der Waals surface area contributed by atoms with Crippen LogP contribution in [0.25, 0.3) is 0 Å². The molecule has 2 saturated carbocycles. The topological polar surface area (TPSA) is 282 Å². The third kappa shape index (κ3) is 12.3. The molecule has 0 radical (unpaired) electrons. The molecule has 444 valence electrons. The third-order valence-electron chi connectivity index (χ3n) is 17.8. The standard InChI is InChI=1S/C63H79NO18/c1-15-77-40-31-41-49(82-51(68)39-29-23-18-24-30-39)63(76)33-42(35(2)44(59(63,8)9)46(78-36(3)65)48(66)62(41,14)43(32-40)80-55(74)58(6,7)34-57(4,5)53(70)71)79-52(69)47(81-56(75)61(12,13)60(10,11)54(72)73)45(37-25-19-16-20-26-37)64-50(67)38-27-21-17-22-28-38/h16-30,40-43,45-47,49,76H,15,31-34H2,1-14H3,(H,64,67)(H,70,71)(H,72,73)/t40?,41?,42-,43?,45-,46?,47+,49-,62-,63?/m0/s1. The molecule has 3 aromatic carbocycles. The predicted molar refractivity (Wildman–Crippen MR) is 296 cm³/mol. The zero-order valence-electron chi connectivity index (χ0n) is 49.3. The number of benzene rings is 3. The zero-order valence-corrected chi connectivity index (χ0v) is 49.3. The van der Waals surface area contributed by atoms with Crippen molar-refractivity contribution in [2.45, 2.75) is 171 Å². The lowest BCUT2D eigenvalue weighted by Crippen LogP contribution is -2.72. The molecule has 2 bridgehead atoms. The number of rotatable bonds is 20. The highest BCUT2D eigenvalue weighted by Gasteiger charge is 2.71. The van der Waals surface area contributed by atoms with Gasteiger partial charge in [-0.3, -0.25) is 33.6 Å². The smallest absolute Gasteiger partial charge is 0.350 e. The number of hydrogen-bond acceptors (Lipinski definition) is 16. The first kappa shape index (κ1) is 63.9. The Balaban J connectivity index is 1.61. The zero-order chi connectivity index (χ0) is 61.3. The van der Waals surface area contributed by atoms with E-state index in [1.807, 2.05) is 0 Å². The minimum Gasteiger partial charge on any atom is -0.481 e. The van der Waals surface area contributed by atoms with E-state index in [0.717, 1.165) is 6.92 Å². The lowest BCUT2D eigenvalue weighted by atomic mass is 9.48. The monoisotopic (exact) mass is 1140 g/mol. The van der Waals surface area contributed by atoms with Gasteiger partial charge < -0.3 is 49.1 Å². The Kier molecular flexibility index (Phi) is 18.6. The number of nitrogens with one attached hydrogen (secondary N) is 1. The summed E-state index contributed by atoms with van der Waals surface area (Å²) in [5.41, 5.74) is -12.3. The first-order chi connectivity index (χ1) is 38.0.